The molecule has 4 rings (SSSR count). The average Bonchev–Trinajstić information content (AvgIpc) is 2.71. The van der Waals surface area contributed by atoms with Crippen molar-refractivity contribution in [2.45, 2.75) is 0 Å². The van der Waals surface area contributed by atoms with E-state index in [1.54, 1.807) is 79.0 Å². The molecule has 4 aromatic rings. The zero-order chi connectivity index (χ0) is 19.7. The number of rotatable bonds is 3. The van der Waals surface area contributed by atoms with Gasteiger partial charge in [-0.05, 0) is 54.6 Å². The third-order valence-corrected chi connectivity index (χ3v) is 4.88. The van der Waals surface area contributed by atoms with E-state index in [2.05, 4.69) is 5.32 Å². The van der Waals surface area contributed by atoms with E-state index in [0.717, 1.165) is 0 Å². The Balaban J connectivity index is 1.86. The summed E-state index contributed by atoms with van der Waals surface area (Å²) in [7, 11) is 0. The third-order valence-electron chi connectivity index (χ3n) is 4.38. The van der Waals surface area contributed by atoms with Crippen LogP contribution in [0.1, 0.15) is 10.4 Å². The standard InChI is InChI=1S/C22H14Cl2N2O2/c23-14-5-9-16(10-6-14)25-21(27)20-13-26(17-11-7-15(24)8-12-17)22(28)19-4-2-1-3-18(19)20/h1-13H,(H,25,27). The second kappa shape index (κ2) is 7.50. The first kappa shape index (κ1) is 18.3. The Hall–Kier alpha value is -3.08. The number of aromatic nitrogens is 1. The van der Waals surface area contributed by atoms with Crippen LogP contribution in [0, 0.1) is 0 Å². The van der Waals surface area contributed by atoms with Crippen LogP contribution in [-0.2, 0) is 0 Å². The molecule has 0 aliphatic carbocycles. The molecule has 0 unspecified atom stereocenters. The van der Waals surface area contributed by atoms with Crippen LogP contribution in [0.5, 0.6) is 0 Å². The van der Waals surface area contributed by atoms with Crippen LogP contribution in [0.25, 0.3) is 16.5 Å². The molecule has 0 radical (unpaired) electrons. The topological polar surface area (TPSA) is 51.1 Å². The normalized spacial score (nSPS) is 10.8. The lowest BCUT2D eigenvalue weighted by molar-refractivity contribution is 0.102. The van der Waals surface area contributed by atoms with Crippen LogP contribution in [-0.4, -0.2) is 10.5 Å². The first-order chi connectivity index (χ1) is 13.5. The number of hydrogen-bond donors (Lipinski definition) is 1. The van der Waals surface area contributed by atoms with Crippen molar-refractivity contribution in [3.05, 3.63) is 105 Å². The second-order valence-electron chi connectivity index (χ2n) is 6.20. The molecule has 0 saturated carbocycles. The molecule has 6 heteroatoms. The number of nitrogens with zero attached hydrogens (tertiary/aromatic N) is 1. The number of carbonyl (C=O) groups is 1. The van der Waals surface area contributed by atoms with Crippen LogP contribution in [0.4, 0.5) is 5.69 Å². The largest absolute Gasteiger partial charge is 0.322 e. The number of anilines is 1. The van der Waals surface area contributed by atoms with Crippen LogP contribution in [0.3, 0.4) is 0 Å². The van der Waals surface area contributed by atoms with E-state index in [1.165, 1.54) is 4.57 Å². The minimum absolute atomic E-state index is 0.207. The van der Waals surface area contributed by atoms with Crippen molar-refractivity contribution in [1.82, 2.24) is 4.57 Å². The van der Waals surface area contributed by atoms with Gasteiger partial charge in [0.15, 0.2) is 0 Å². The van der Waals surface area contributed by atoms with E-state index in [1.807, 2.05) is 0 Å². The van der Waals surface area contributed by atoms with Gasteiger partial charge in [0.1, 0.15) is 0 Å². The minimum atomic E-state index is -0.318. The number of halogens is 2. The maximum Gasteiger partial charge on any atom is 0.262 e. The highest BCUT2D eigenvalue weighted by atomic mass is 35.5. The SMILES string of the molecule is O=C(Nc1ccc(Cl)cc1)c1cn(-c2ccc(Cl)cc2)c(=O)c2ccccc12. The summed E-state index contributed by atoms with van der Waals surface area (Å²) in [4.78, 5) is 25.9. The summed E-state index contributed by atoms with van der Waals surface area (Å²) in [5.74, 6) is -0.318. The van der Waals surface area contributed by atoms with Crippen LogP contribution in [0.2, 0.25) is 10.0 Å². The third kappa shape index (κ3) is 3.52. The summed E-state index contributed by atoms with van der Waals surface area (Å²) in [6.45, 7) is 0. The molecule has 0 aliphatic heterocycles. The lowest BCUT2D eigenvalue weighted by atomic mass is 10.1. The zero-order valence-corrected chi connectivity index (χ0v) is 16.0. The van der Waals surface area contributed by atoms with Crippen molar-refractivity contribution in [1.29, 1.82) is 0 Å². The summed E-state index contributed by atoms with van der Waals surface area (Å²) in [6.07, 6.45) is 1.55. The van der Waals surface area contributed by atoms with Gasteiger partial charge in [-0.3, -0.25) is 14.2 Å². The number of fused-ring (bicyclic) bond motifs is 1. The van der Waals surface area contributed by atoms with E-state index < -0.39 is 0 Å². The van der Waals surface area contributed by atoms with Gasteiger partial charge in [0.25, 0.3) is 11.5 Å². The Bertz CT molecular complexity index is 1230. The Morgan fingerprint density at radius 3 is 2.00 bits per heavy atom. The zero-order valence-electron chi connectivity index (χ0n) is 14.5. The second-order valence-corrected chi connectivity index (χ2v) is 7.07. The van der Waals surface area contributed by atoms with Crippen molar-refractivity contribution in [2.75, 3.05) is 5.32 Å². The summed E-state index contributed by atoms with van der Waals surface area (Å²) >= 11 is 11.9. The molecule has 138 valence electrons. The fourth-order valence-corrected chi connectivity index (χ4v) is 3.25. The lowest BCUT2D eigenvalue weighted by Crippen LogP contribution is -2.22. The van der Waals surface area contributed by atoms with E-state index in [4.69, 9.17) is 23.2 Å². The molecule has 3 aromatic carbocycles. The summed E-state index contributed by atoms with van der Waals surface area (Å²) in [5, 5.41) is 5.05. The number of carbonyl (C=O) groups excluding carboxylic acids is 1. The average molecular weight is 409 g/mol. The number of benzene rings is 3. The van der Waals surface area contributed by atoms with Gasteiger partial charge in [-0.25, -0.2) is 0 Å². The van der Waals surface area contributed by atoms with Gasteiger partial charge in [0.2, 0.25) is 0 Å². The van der Waals surface area contributed by atoms with Gasteiger partial charge in [-0.2, -0.15) is 0 Å². The number of hydrogen-bond acceptors (Lipinski definition) is 2. The van der Waals surface area contributed by atoms with Gasteiger partial charge in [0.05, 0.1) is 5.56 Å². The maximum absolute atomic E-state index is 13.0. The fraction of sp³-hybridized carbons (Fsp3) is 0. The molecular weight excluding hydrogens is 395 g/mol. The highest BCUT2D eigenvalue weighted by Gasteiger charge is 2.15. The lowest BCUT2D eigenvalue weighted by Gasteiger charge is -2.13. The van der Waals surface area contributed by atoms with Gasteiger partial charge in [-0.1, -0.05) is 41.4 Å². The number of amides is 1. The highest BCUT2D eigenvalue weighted by Crippen LogP contribution is 2.21. The first-order valence-electron chi connectivity index (χ1n) is 8.50. The van der Waals surface area contributed by atoms with Crippen LogP contribution >= 0.6 is 23.2 Å². The van der Waals surface area contributed by atoms with E-state index in [-0.39, 0.29) is 11.5 Å². The number of nitrogens with one attached hydrogen (secondary N) is 1. The van der Waals surface area contributed by atoms with E-state index in [0.29, 0.717) is 37.8 Å². The Labute approximate surface area is 171 Å². The predicted molar refractivity (Wildman–Crippen MR) is 114 cm³/mol. The molecule has 0 saturated heterocycles. The quantitative estimate of drug-likeness (QED) is 0.482. The van der Waals surface area contributed by atoms with Crippen molar-refractivity contribution >= 4 is 45.6 Å². The summed E-state index contributed by atoms with van der Waals surface area (Å²) in [5.41, 5.74) is 1.42. The van der Waals surface area contributed by atoms with Gasteiger partial charge in [-0.15, -0.1) is 0 Å². The van der Waals surface area contributed by atoms with E-state index >= 15 is 0 Å². The van der Waals surface area contributed by atoms with Crippen molar-refractivity contribution in [3.8, 4) is 5.69 Å². The minimum Gasteiger partial charge on any atom is -0.322 e. The van der Waals surface area contributed by atoms with Gasteiger partial charge < -0.3 is 5.32 Å². The Morgan fingerprint density at radius 1 is 0.786 bits per heavy atom. The molecule has 0 bridgehead atoms. The summed E-state index contributed by atoms with van der Waals surface area (Å²) in [6, 6.07) is 20.8. The monoisotopic (exact) mass is 408 g/mol. The Morgan fingerprint density at radius 2 is 1.36 bits per heavy atom. The molecule has 1 amide bonds. The molecule has 0 fully saturated rings. The van der Waals surface area contributed by atoms with Crippen molar-refractivity contribution < 1.29 is 4.79 Å². The molecule has 28 heavy (non-hydrogen) atoms. The smallest absolute Gasteiger partial charge is 0.262 e. The van der Waals surface area contributed by atoms with E-state index in [9.17, 15) is 9.59 Å². The molecule has 0 aliphatic rings. The molecular formula is C22H14Cl2N2O2. The van der Waals surface area contributed by atoms with Crippen molar-refractivity contribution in [2.24, 2.45) is 0 Å². The molecule has 0 atom stereocenters. The molecule has 1 heterocycles. The van der Waals surface area contributed by atoms with Crippen molar-refractivity contribution in [3.63, 3.8) is 0 Å². The maximum atomic E-state index is 13.0. The van der Waals surface area contributed by atoms with Gasteiger partial charge in [0, 0.05) is 38.4 Å². The molecule has 4 nitrogen and oxygen atoms in total. The highest BCUT2D eigenvalue weighted by molar-refractivity contribution is 6.31. The van der Waals surface area contributed by atoms with Crippen LogP contribution < -0.4 is 10.9 Å². The number of pyridine rings is 1. The summed E-state index contributed by atoms with van der Waals surface area (Å²) < 4.78 is 1.45. The fourth-order valence-electron chi connectivity index (χ4n) is 3.00. The predicted octanol–water partition coefficient (Wildman–Crippen LogP) is 5.55. The molecule has 0 spiro atoms. The first-order valence-corrected chi connectivity index (χ1v) is 9.26. The molecule has 1 N–H and O–H groups in total. The molecule has 1 aromatic heterocycles. The Kier molecular flexibility index (Phi) is 4.90. The van der Waals surface area contributed by atoms with Crippen LogP contribution in [0.15, 0.2) is 83.8 Å². The van der Waals surface area contributed by atoms with Gasteiger partial charge >= 0.3 is 0 Å².